The summed E-state index contributed by atoms with van der Waals surface area (Å²) in [5.74, 6) is -0.315. The Kier molecular flexibility index (Phi) is 3.52. The van der Waals surface area contributed by atoms with Crippen LogP contribution < -0.4 is 5.32 Å². The van der Waals surface area contributed by atoms with Crippen molar-refractivity contribution in [2.24, 2.45) is 0 Å². The molecule has 0 saturated heterocycles. The number of anilines is 1. The van der Waals surface area contributed by atoms with Gasteiger partial charge >= 0.3 is 0 Å². The summed E-state index contributed by atoms with van der Waals surface area (Å²) < 4.78 is 0.792. The number of carbonyl (C=O) groups is 1. The first kappa shape index (κ1) is 11.8. The predicted octanol–water partition coefficient (Wildman–Crippen LogP) is 3.03. The van der Waals surface area contributed by atoms with Crippen LogP contribution in [0.15, 0.2) is 33.6 Å². The first-order valence-corrected chi connectivity index (χ1v) is 6.33. The number of halogens is 1. The minimum Gasteiger partial charge on any atom is -0.319 e. The van der Waals surface area contributed by atoms with Gasteiger partial charge in [0.05, 0.1) is 16.8 Å². The summed E-state index contributed by atoms with van der Waals surface area (Å²) in [5.41, 5.74) is 2.82. The quantitative estimate of drug-likeness (QED) is 0.927. The van der Waals surface area contributed by atoms with Crippen LogP contribution in [-0.4, -0.2) is 10.9 Å². The number of carbonyl (C=O) groups excluding carboxylic acids is 1. The minimum atomic E-state index is -0.315. The number of thiazole rings is 1. The van der Waals surface area contributed by atoms with Crippen LogP contribution in [0.2, 0.25) is 0 Å². The van der Waals surface area contributed by atoms with Crippen molar-refractivity contribution in [2.75, 3.05) is 5.32 Å². The molecule has 0 bridgehead atoms. The molecule has 0 aliphatic rings. The Bertz CT molecular complexity index is 589. The maximum absolute atomic E-state index is 11.7. The minimum absolute atomic E-state index is 0.315. The summed E-state index contributed by atoms with van der Waals surface area (Å²) in [6.45, 7) is 0. The number of benzene rings is 1. The smallest absolute Gasteiger partial charge is 0.275 e. The Balaban J connectivity index is 2.25. The van der Waals surface area contributed by atoms with Crippen molar-refractivity contribution in [3.05, 3.63) is 44.8 Å². The molecule has 0 atom stereocenters. The van der Waals surface area contributed by atoms with E-state index in [9.17, 15) is 4.79 Å². The van der Waals surface area contributed by atoms with Gasteiger partial charge in [-0.25, -0.2) is 4.98 Å². The van der Waals surface area contributed by atoms with Gasteiger partial charge in [-0.05, 0) is 18.2 Å². The van der Waals surface area contributed by atoms with Crippen molar-refractivity contribution >= 4 is 38.9 Å². The van der Waals surface area contributed by atoms with Crippen LogP contribution in [0, 0.1) is 11.3 Å². The number of aromatic nitrogens is 1. The van der Waals surface area contributed by atoms with Crippen molar-refractivity contribution in [1.82, 2.24) is 4.98 Å². The lowest BCUT2D eigenvalue weighted by molar-refractivity contribution is 0.102. The average Bonchev–Trinajstić information content (AvgIpc) is 2.85. The summed E-state index contributed by atoms with van der Waals surface area (Å²) >= 11 is 4.61. The van der Waals surface area contributed by atoms with Crippen LogP contribution in [-0.2, 0) is 0 Å². The highest BCUT2D eigenvalue weighted by molar-refractivity contribution is 9.10. The van der Waals surface area contributed by atoms with Gasteiger partial charge in [0.1, 0.15) is 11.8 Å². The third kappa shape index (κ3) is 2.70. The molecule has 2 aromatic rings. The van der Waals surface area contributed by atoms with Crippen LogP contribution in [0.3, 0.4) is 0 Å². The van der Waals surface area contributed by atoms with Gasteiger partial charge < -0.3 is 5.32 Å². The van der Waals surface area contributed by atoms with Gasteiger partial charge in [-0.15, -0.1) is 11.3 Å². The highest BCUT2D eigenvalue weighted by atomic mass is 79.9. The second-order valence-corrected chi connectivity index (χ2v) is 4.76. The van der Waals surface area contributed by atoms with Gasteiger partial charge in [0.2, 0.25) is 0 Å². The number of hydrogen-bond donors (Lipinski definition) is 1. The van der Waals surface area contributed by atoms with Gasteiger partial charge in [-0.3, -0.25) is 4.79 Å². The van der Waals surface area contributed by atoms with E-state index in [0.29, 0.717) is 16.9 Å². The number of nitrogens with zero attached hydrogens (tertiary/aromatic N) is 2. The zero-order valence-electron chi connectivity index (χ0n) is 8.48. The Morgan fingerprint density at radius 1 is 1.53 bits per heavy atom. The Morgan fingerprint density at radius 2 is 2.35 bits per heavy atom. The Morgan fingerprint density at radius 3 is 3.00 bits per heavy atom. The molecule has 84 valence electrons. The number of hydrogen-bond acceptors (Lipinski definition) is 4. The van der Waals surface area contributed by atoms with Crippen LogP contribution >= 0.6 is 27.3 Å². The van der Waals surface area contributed by atoms with E-state index in [1.165, 1.54) is 11.3 Å². The molecular weight excluding hydrogens is 302 g/mol. The summed E-state index contributed by atoms with van der Waals surface area (Å²) in [5, 5.41) is 13.3. The van der Waals surface area contributed by atoms with Gasteiger partial charge in [0.15, 0.2) is 0 Å². The molecular formula is C11H6BrN3OS. The molecule has 4 nitrogen and oxygen atoms in total. The fourth-order valence-electron chi connectivity index (χ4n) is 1.23. The molecule has 1 N–H and O–H groups in total. The number of rotatable bonds is 2. The third-order valence-electron chi connectivity index (χ3n) is 2.02. The molecule has 0 saturated carbocycles. The lowest BCUT2D eigenvalue weighted by Gasteiger charge is -2.05. The number of nitriles is 1. The first-order chi connectivity index (χ1) is 8.20. The number of amides is 1. The van der Waals surface area contributed by atoms with Crippen LogP contribution in [0.1, 0.15) is 16.1 Å². The zero-order valence-corrected chi connectivity index (χ0v) is 10.9. The largest absolute Gasteiger partial charge is 0.319 e. The SMILES string of the molecule is N#Cc1cc(Br)ccc1NC(=O)c1cscn1. The molecule has 6 heteroatoms. The highest BCUT2D eigenvalue weighted by Crippen LogP contribution is 2.20. The maximum Gasteiger partial charge on any atom is 0.275 e. The van der Waals surface area contributed by atoms with Crippen molar-refractivity contribution in [3.63, 3.8) is 0 Å². The molecule has 0 unspecified atom stereocenters. The standard InChI is InChI=1S/C11H6BrN3OS/c12-8-1-2-9(7(3-8)4-13)15-11(16)10-5-17-6-14-10/h1-3,5-6H,(H,15,16). The maximum atomic E-state index is 11.7. The molecule has 17 heavy (non-hydrogen) atoms. The van der Waals surface area contributed by atoms with Crippen molar-refractivity contribution < 1.29 is 4.79 Å². The fraction of sp³-hybridized carbons (Fsp3) is 0. The Hall–Kier alpha value is -1.71. The van der Waals surface area contributed by atoms with Gasteiger partial charge in [-0.2, -0.15) is 5.26 Å². The zero-order chi connectivity index (χ0) is 12.3. The average molecular weight is 308 g/mol. The van der Waals surface area contributed by atoms with Crippen LogP contribution in [0.25, 0.3) is 0 Å². The van der Waals surface area contributed by atoms with E-state index in [2.05, 4.69) is 26.2 Å². The monoisotopic (exact) mass is 307 g/mol. The molecule has 1 aromatic heterocycles. The van der Waals surface area contributed by atoms with Crippen LogP contribution in [0.4, 0.5) is 5.69 Å². The van der Waals surface area contributed by atoms with E-state index in [4.69, 9.17) is 5.26 Å². The molecule has 0 spiro atoms. The topological polar surface area (TPSA) is 65.8 Å². The second kappa shape index (κ2) is 5.08. The molecule has 0 fully saturated rings. The summed E-state index contributed by atoms with van der Waals surface area (Å²) in [6, 6.07) is 7.11. The lowest BCUT2D eigenvalue weighted by Crippen LogP contribution is -2.13. The van der Waals surface area contributed by atoms with Crippen molar-refractivity contribution in [1.29, 1.82) is 5.26 Å². The Labute approximate surface area is 110 Å². The van der Waals surface area contributed by atoms with Crippen molar-refractivity contribution in [2.45, 2.75) is 0 Å². The van der Waals surface area contributed by atoms with E-state index in [0.717, 1.165) is 4.47 Å². The first-order valence-electron chi connectivity index (χ1n) is 4.60. The highest BCUT2D eigenvalue weighted by Gasteiger charge is 2.10. The number of nitrogens with one attached hydrogen (secondary N) is 1. The molecule has 1 amide bonds. The summed E-state index contributed by atoms with van der Waals surface area (Å²) in [7, 11) is 0. The summed E-state index contributed by atoms with van der Waals surface area (Å²) in [6.07, 6.45) is 0. The predicted molar refractivity (Wildman–Crippen MR) is 68.9 cm³/mol. The van der Waals surface area contributed by atoms with Gasteiger partial charge in [-0.1, -0.05) is 15.9 Å². The van der Waals surface area contributed by atoms with Gasteiger partial charge in [0.25, 0.3) is 5.91 Å². The van der Waals surface area contributed by atoms with E-state index < -0.39 is 0 Å². The molecule has 0 aliphatic carbocycles. The van der Waals surface area contributed by atoms with Crippen LogP contribution in [0.5, 0.6) is 0 Å². The molecule has 0 radical (unpaired) electrons. The van der Waals surface area contributed by atoms with Gasteiger partial charge in [0, 0.05) is 9.85 Å². The summed E-state index contributed by atoms with van der Waals surface area (Å²) in [4.78, 5) is 15.6. The third-order valence-corrected chi connectivity index (χ3v) is 3.09. The molecule has 0 aliphatic heterocycles. The van der Waals surface area contributed by atoms with E-state index in [-0.39, 0.29) is 5.91 Å². The molecule has 1 heterocycles. The normalized spacial score (nSPS) is 9.65. The second-order valence-electron chi connectivity index (χ2n) is 3.13. The molecule has 1 aromatic carbocycles. The van der Waals surface area contributed by atoms with E-state index in [1.807, 2.05) is 6.07 Å². The van der Waals surface area contributed by atoms with E-state index in [1.54, 1.807) is 29.1 Å². The van der Waals surface area contributed by atoms with E-state index >= 15 is 0 Å². The lowest BCUT2D eigenvalue weighted by atomic mass is 10.2. The molecule has 2 rings (SSSR count). The fourth-order valence-corrected chi connectivity index (χ4v) is 2.12. The van der Waals surface area contributed by atoms with Crippen molar-refractivity contribution in [3.8, 4) is 6.07 Å².